The van der Waals surface area contributed by atoms with Crippen molar-refractivity contribution in [2.24, 2.45) is 5.92 Å². The van der Waals surface area contributed by atoms with E-state index in [2.05, 4.69) is 14.9 Å². The van der Waals surface area contributed by atoms with Crippen molar-refractivity contribution < 1.29 is 18.3 Å². The predicted octanol–water partition coefficient (Wildman–Crippen LogP) is 4.16. The van der Waals surface area contributed by atoms with Gasteiger partial charge in [-0.15, -0.1) is 0 Å². The minimum atomic E-state index is -3.82. The highest BCUT2D eigenvalue weighted by atomic mass is 35.5. The van der Waals surface area contributed by atoms with Gasteiger partial charge in [0.1, 0.15) is 10.7 Å². The van der Waals surface area contributed by atoms with Crippen LogP contribution in [-0.4, -0.2) is 83.8 Å². The van der Waals surface area contributed by atoms with E-state index in [1.807, 2.05) is 12.3 Å². The zero-order valence-corrected chi connectivity index (χ0v) is 22.3. The van der Waals surface area contributed by atoms with Crippen molar-refractivity contribution in [3.05, 3.63) is 40.5 Å². The van der Waals surface area contributed by atoms with Crippen LogP contribution in [0.4, 0.5) is 10.6 Å². The molecule has 0 aliphatic carbocycles. The molecule has 2 aliphatic rings. The van der Waals surface area contributed by atoms with Gasteiger partial charge >= 0.3 is 6.09 Å². The molecule has 1 N–H and O–H groups in total. The van der Waals surface area contributed by atoms with Crippen LogP contribution < -0.4 is 4.90 Å². The molecule has 1 amide bonds. The Morgan fingerprint density at radius 1 is 1.20 bits per heavy atom. The molecule has 13 heteroatoms. The Labute approximate surface area is 219 Å². The number of hydrogen-bond donors (Lipinski definition) is 1. The van der Waals surface area contributed by atoms with E-state index in [0.29, 0.717) is 50.6 Å². The molecule has 2 aliphatic heterocycles. The van der Waals surface area contributed by atoms with Gasteiger partial charge in [0.15, 0.2) is 5.16 Å². The van der Waals surface area contributed by atoms with Crippen LogP contribution in [0.3, 0.4) is 0 Å². The summed E-state index contributed by atoms with van der Waals surface area (Å²) in [5.74, 6) is 0.754. The van der Waals surface area contributed by atoms with Gasteiger partial charge in [-0.25, -0.2) is 23.2 Å². The first-order valence-corrected chi connectivity index (χ1v) is 14.7. The Hall–Kier alpha value is -1.79. The number of rotatable bonds is 7. The number of sulfonamides is 1. The molecule has 1 atom stereocenters. The quantitative estimate of drug-likeness (QED) is 0.398. The number of carboxylic acid groups (broad SMARTS) is 1. The summed E-state index contributed by atoms with van der Waals surface area (Å²) in [6, 6.07) is 6.27. The molecule has 2 fully saturated rings. The maximum Gasteiger partial charge on any atom is 0.407 e. The molecule has 3 heterocycles. The lowest BCUT2D eigenvalue weighted by atomic mass is 10.0. The number of amides is 1. The average molecular weight is 561 g/mol. The minimum absolute atomic E-state index is 0.00452. The molecule has 1 aromatic heterocycles. The summed E-state index contributed by atoms with van der Waals surface area (Å²) in [6.07, 6.45) is 4.62. The van der Waals surface area contributed by atoms with Crippen molar-refractivity contribution in [2.45, 2.75) is 35.4 Å². The summed E-state index contributed by atoms with van der Waals surface area (Å²) in [6.45, 7) is 2.23. The van der Waals surface area contributed by atoms with Crippen molar-refractivity contribution >= 4 is 56.9 Å². The molecule has 2 saturated heterocycles. The Morgan fingerprint density at radius 2 is 1.94 bits per heavy atom. The lowest BCUT2D eigenvalue weighted by molar-refractivity contribution is 0.106. The van der Waals surface area contributed by atoms with Crippen molar-refractivity contribution in [1.82, 2.24) is 19.2 Å². The second-order valence-electron chi connectivity index (χ2n) is 8.62. The van der Waals surface area contributed by atoms with E-state index >= 15 is 0 Å². The summed E-state index contributed by atoms with van der Waals surface area (Å²) in [4.78, 5) is 24.5. The molecule has 1 aromatic carbocycles. The van der Waals surface area contributed by atoms with E-state index < -0.39 is 16.1 Å². The van der Waals surface area contributed by atoms with E-state index in [1.165, 1.54) is 33.1 Å². The van der Waals surface area contributed by atoms with Gasteiger partial charge in [0, 0.05) is 45.0 Å². The van der Waals surface area contributed by atoms with Crippen LogP contribution in [0.25, 0.3) is 0 Å². The zero-order chi connectivity index (χ0) is 25.2. The first-order valence-electron chi connectivity index (χ1n) is 11.3. The van der Waals surface area contributed by atoms with Crippen LogP contribution >= 0.6 is 35.0 Å². The molecular weight excluding hydrogens is 533 g/mol. The Bertz CT molecular complexity index is 1180. The fourth-order valence-corrected chi connectivity index (χ4v) is 7.28. The Balaban J connectivity index is 1.38. The van der Waals surface area contributed by atoms with E-state index in [4.69, 9.17) is 23.2 Å². The molecule has 0 radical (unpaired) electrons. The number of thioether (sulfide) groups is 1. The monoisotopic (exact) mass is 559 g/mol. The highest BCUT2D eigenvalue weighted by Gasteiger charge is 2.37. The van der Waals surface area contributed by atoms with E-state index in [0.717, 1.165) is 5.82 Å². The van der Waals surface area contributed by atoms with Gasteiger partial charge in [0.2, 0.25) is 10.0 Å². The van der Waals surface area contributed by atoms with Gasteiger partial charge in [-0.2, -0.15) is 4.31 Å². The molecule has 190 valence electrons. The molecule has 2 aromatic rings. The summed E-state index contributed by atoms with van der Waals surface area (Å²) in [5.41, 5.74) is 0. The second-order valence-corrected chi connectivity index (χ2v) is 12.1. The van der Waals surface area contributed by atoms with Gasteiger partial charge in [-0.3, -0.25) is 0 Å². The predicted molar refractivity (Wildman–Crippen MR) is 137 cm³/mol. The second kappa shape index (κ2) is 11.1. The zero-order valence-electron chi connectivity index (χ0n) is 19.2. The fraction of sp³-hybridized carbons (Fsp3) is 0.500. The van der Waals surface area contributed by atoms with E-state index in [-0.39, 0.29) is 33.4 Å². The highest BCUT2D eigenvalue weighted by molar-refractivity contribution is 7.98. The van der Waals surface area contributed by atoms with Crippen LogP contribution in [-0.2, 0) is 10.0 Å². The Morgan fingerprint density at radius 3 is 2.63 bits per heavy atom. The molecule has 0 bridgehead atoms. The van der Waals surface area contributed by atoms with Crippen molar-refractivity contribution in [3.63, 3.8) is 0 Å². The van der Waals surface area contributed by atoms with Gasteiger partial charge < -0.3 is 14.9 Å². The largest absolute Gasteiger partial charge is 0.465 e. The number of aromatic nitrogens is 2. The van der Waals surface area contributed by atoms with Crippen molar-refractivity contribution in [2.75, 3.05) is 43.9 Å². The summed E-state index contributed by atoms with van der Waals surface area (Å²) < 4.78 is 27.6. The normalized spacial score (nSPS) is 19.7. The average Bonchev–Trinajstić information content (AvgIpc) is 3.34. The third-order valence-corrected chi connectivity index (χ3v) is 9.91. The smallest absolute Gasteiger partial charge is 0.407 e. The molecule has 9 nitrogen and oxygen atoms in total. The maximum absolute atomic E-state index is 13.1. The molecule has 0 saturated carbocycles. The van der Waals surface area contributed by atoms with Gasteiger partial charge in [0.25, 0.3) is 0 Å². The number of anilines is 1. The highest BCUT2D eigenvalue weighted by Crippen LogP contribution is 2.33. The number of benzene rings is 1. The van der Waals surface area contributed by atoms with Crippen LogP contribution in [0.2, 0.25) is 10.0 Å². The van der Waals surface area contributed by atoms with Crippen LogP contribution in [0.15, 0.2) is 40.5 Å². The summed E-state index contributed by atoms with van der Waals surface area (Å²) in [7, 11) is -3.82. The van der Waals surface area contributed by atoms with E-state index in [9.17, 15) is 18.3 Å². The van der Waals surface area contributed by atoms with Gasteiger partial charge in [-0.05, 0) is 49.6 Å². The van der Waals surface area contributed by atoms with Crippen molar-refractivity contribution in [3.8, 4) is 0 Å². The number of piperidine rings is 1. The van der Waals surface area contributed by atoms with Crippen LogP contribution in [0.1, 0.15) is 19.3 Å². The van der Waals surface area contributed by atoms with Gasteiger partial charge in [0.05, 0.1) is 10.0 Å². The minimum Gasteiger partial charge on any atom is -0.465 e. The van der Waals surface area contributed by atoms with Crippen LogP contribution in [0.5, 0.6) is 0 Å². The van der Waals surface area contributed by atoms with Gasteiger partial charge in [-0.1, -0.05) is 41.0 Å². The third kappa shape index (κ3) is 5.80. The summed E-state index contributed by atoms with van der Waals surface area (Å²) >= 11 is 13.6. The fourth-order valence-electron chi connectivity index (χ4n) is 4.66. The molecule has 4 rings (SSSR count). The van der Waals surface area contributed by atoms with Crippen molar-refractivity contribution in [1.29, 1.82) is 0 Å². The standard InChI is InChI=1S/C22H27Cl2N5O4S2/c1-34-21-25-9-5-19(26-21)27-10-7-16(8-11-27)29(22(30)31)14-15-6-12-28(13-15)35(32,33)18-4-2-3-17(23)20(18)24/h2-5,9,15-16H,6-8,10-14H2,1H3,(H,30,31). The number of carbonyl (C=O) groups is 1. The lowest BCUT2D eigenvalue weighted by Gasteiger charge is -2.38. The SMILES string of the molecule is CSc1nccc(N2CCC(N(CC3CCN(S(=O)(=O)c4cccc(Cl)c4Cl)C3)C(=O)O)CC2)n1. The number of hydrogen-bond acceptors (Lipinski definition) is 7. The maximum atomic E-state index is 13.1. The topological polar surface area (TPSA) is 107 Å². The third-order valence-electron chi connectivity index (χ3n) is 6.51. The first-order chi connectivity index (χ1) is 16.7. The molecule has 0 spiro atoms. The van der Waals surface area contributed by atoms with E-state index in [1.54, 1.807) is 12.3 Å². The number of halogens is 2. The summed E-state index contributed by atoms with van der Waals surface area (Å²) in [5, 5.41) is 10.8. The number of nitrogens with zero attached hydrogens (tertiary/aromatic N) is 5. The lowest BCUT2D eigenvalue weighted by Crippen LogP contribution is -2.49. The molecule has 1 unspecified atom stereocenters. The molecule has 35 heavy (non-hydrogen) atoms. The first kappa shape index (κ1) is 26.3. The Kier molecular flexibility index (Phi) is 8.32. The molecular formula is C22H27Cl2N5O4S2. The van der Waals surface area contributed by atoms with Crippen LogP contribution in [0, 0.1) is 5.92 Å².